The summed E-state index contributed by atoms with van der Waals surface area (Å²) in [5.74, 6) is 0. The third kappa shape index (κ3) is 4.21. The van der Waals surface area contributed by atoms with Crippen molar-refractivity contribution in [2.75, 3.05) is 0 Å². The minimum absolute atomic E-state index is 0.789. The summed E-state index contributed by atoms with van der Waals surface area (Å²) in [6.07, 6.45) is 1.45. The van der Waals surface area contributed by atoms with Crippen molar-refractivity contribution in [3.05, 3.63) is 39.7 Å². The molecule has 0 spiro atoms. The van der Waals surface area contributed by atoms with E-state index < -0.39 is 10.0 Å². The lowest BCUT2D eigenvalue weighted by atomic mass is 10.2. The Morgan fingerprint density at radius 3 is 2.23 bits per heavy atom. The molecule has 0 aromatic heterocycles. The van der Waals surface area contributed by atoms with Crippen LogP contribution >= 0.6 is 15.9 Å². The fourth-order valence-corrected chi connectivity index (χ4v) is 1.36. The minimum Gasteiger partial charge on any atom is -0.225 e. The zero-order chi connectivity index (χ0) is 9.90. The fourth-order valence-electron chi connectivity index (χ4n) is 0.747. The highest BCUT2D eigenvalue weighted by Gasteiger charge is 1.93. The molecule has 0 aliphatic carbocycles. The third-order valence-electron chi connectivity index (χ3n) is 1.32. The van der Waals surface area contributed by atoms with E-state index in [0.717, 1.165) is 15.4 Å². The second-order valence-corrected chi connectivity index (χ2v) is 4.81. The Balaban J connectivity index is 2.88. The molecule has 0 aliphatic rings. The third-order valence-corrected chi connectivity index (χ3v) is 2.36. The van der Waals surface area contributed by atoms with Crippen molar-refractivity contribution in [3.63, 3.8) is 0 Å². The Morgan fingerprint density at radius 1 is 1.23 bits per heavy atom. The Morgan fingerprint density at radius 2 is 1.77 bits per heavy atom. The van der Waals surface area contributed by atoms with Gasteiger partial charge in [-0.1, -0.05) is 28.1 Å². The number of rotatable bonds is 2. The van der Waals surface area contributed by atoms with E-state index in [1.54, 1.807) is 12.1 Å². The molecule has 0 heterocycles. The average molecular weight is 262 g/mol. The van der Waals surface area contributed by atoms with Crippen LogP contribution in [0.4, 0.5) is 0 Å². The van der Waals surface area contributed by atoms with E-state index in [9.17, 15) is 8.42 Å². The molecule has 3 nitrogen and oxygen atoms in total. The Kier molecular flexibility index (Phi) is 3.24. The quantitative estimate of drug-likeness (QED) is 0.881. The summed E-state index contributed by atoms with van der Waals surface area (Å²) in [4.78, 5) is 0. The van der Waals surface area contributed by atoms with Gasteiger partial charge in [0.05, 0.1) is 0 Å². The summed E-state index contributed by atoms with van der Waals surface area (Å²) in [6.45, 7) is 0. The van der Waals surface area contributed by atoms with Crippen LogP contribution in [0, 0.1) is 0 Å². The van der Waals surface area contributed by atoms with Crippen LogP contribution in [-0.2, 0) is 10.0 Å². The molecule has 0 radical (unpaired) electrons. The highest BCUT2D eigenvalue weighted by Crippen LogP contribution is 2.11. The first kappa shape index (κ1) is 10.4. The van der Waals surface area contributed by atoms with Crippen LogP contribution in [0.3, 0.4) is 0 Å². The van der Waals surface area contributed by atoms with Gasteiger partial charge in [-0.15, -0.1) is 0 Å². The predicted octanol–water partition coefficient (Wildman–Crippen LogP) is 1.71. The molecule has 5 heteroatoms. The van der Waals surface area contributed by atoms with E-state index in [1.165, 1.54) is 6.08 Å². The number of halogens is 1. The zero-order valence-corrected chi connectivity index (χ0v) is 9.05. The van der Waals surface area contributed by atoms with Crippen molar-refractivity contribution in [2.45, 2.75) is 0 Å². The van der Waals surface area contributed by atoms with E-state index >= 15 is 0 Å². The van der Waals surface area contributed by atoms with Gasteiger partial charge < -0.3 is 0 Å². The van der Waals surface area contributed by atoms with Crippen LogP contribution in [0.25, 0.3) is 6.08 Å². The summed E-state index contributed by atoms with van der Waals surface area (Å²) in [5.41, 5.74) is 0.789. The van der Waals surface area contributed by atoms with Gasteiger partial charge in [-0.3, -0.25) is 0 Å². The van der Waals surface area contributed by atoms with E-state index in [4.69, 9.17) is 5.14 Å². The molecule has 0 unspecified atom stereocenters. The lowest BCUT2D eigenvalue weighted by Gasteiger charge is -1.92. The number of hydrogen-bond acceptors (Lipinski definition) is 2. The SMILES string of the molecule is NS(=O)(=O)/C=C/c1ccc(Br)cc1. The Hall–Kier alpha value is -0.650. The van der Waals surface area contributed by atoms with Crippen LogP contribution in [-0.4, -0.2) is 8.42 Å². The van der Waals surface area contributed by atoms with Gasteiger partial charge in [0.15, 0.2) is 0 Å². The fraction of sp³-hybridized carbons (Fsp3) is 0. The largest absolute Gasteiger partial charge is 0.231 e. The molecular formula is C8H8BrNO2S. The lowest BCUT2D eigenvalue weighted by molar-refractivity contribution is 0.606. The number of benzene rings is 1. The first-order chi connectivity index (χ1) is 5.97. The van der Waals surface area contributed by atoms with Gasteiger partial charge in [0.2, 0.25) is 10.0 Å². The van der Waals surface area contributed by atoms with Crippen LogP contribution < -0.4 is 5.14 Å². The van der Waals surface area contributed by atoms with Gasteiger partial charge in [-0.25, -0.2) is 13.6 Å². The number of primary sulfonamides is 1. The molecule has 0 atom stereocenters. The van der Waals surface area contributed by atoms with Gasteiger partial charge in [0, 0.05) is 9.88 Å². The van der Waals surface area contributed by atoms with E-state index in [-0.39, 0.29) is 0 Å². The monoisotopic (exact) mass is 261 g/mol. The average Bonchev–Trinajstić information content (AvgIpc) is 2.02. The number of nitrogens with two attached hydrogens (primary N) is 1. The highest BCUT2D eigenvalue weighted by molar-refractivity contribution is 9.10. The highest BCUT2D eigenvalue weighted by atomic mass is 79.9. The summed E-state index contributed by atoms with van der Waals surface area (Å²) in [6, 6.07) is 7.21. The number of sulfonamides is 1. The van der Waals surface area contributed by atoms with Crippen molar-refractivity contribution in [1.29, 1.82) is 0 Å². The van der Waals surface area contributed by atoms with E-state index in [0.29, 0.717) is 0 Å². The van der Waals surface area contributed by atoms with Crippen molar-refractivity contribution in [3.8, 4) is 0 Å². The predicted molar refractivity (Wildman–Crippen MR) is 56.3 cm³/mol. The first-order valence-electron chi connectivity index (χ1n) is 3.44. The van der Waals surface area contributed by atoms with Crippen LogP contribution in [0.2, 0.25) is 0 Å². The molecule has 2 N–H and O–H groups in total. The van der Waals surface area contributed by atoms with Crippen molar-refractivity contribution < 1.29 is 8.42 Å². The molecule has 13 heavy (non-hydrogen) atoms. The second-order valence-electron chi connectivity index (χ2n) is 2.44. The minimum atomic E-state index is -3.52. The standard InChI is InChI=1S/C8H8BrNO2S/c9-8-3-1-7(2-4-8)5-6-13(10,11)12/h1-6H,(H2,10,11,12)/b6-5+. The van der Waals surface area contributed by atoms with Gasteiger partial charge in [-0.05, 0) is 23.8 Å². The normalized spacial score (nSPS) is 12.2. The topological polar surface area (TPSA) is 60.2 Å². The lowest BCUT2D eigenvalue weighted by Crippen LogP contribution is -2.06. The first-order valence-corrected chi connectivity index (χ1v) is 5.84. The van der Waals surface area contributed by atoms with Crippen molar-refractivity contribution >= 4 is 32.0 Å². The molecule has 0 fully saturated rings. The van der Waals surface area contributed by atoms with Crippen LogP contribution in [0.5, 0.6) is 0 Å². The van der Waals surface area contributed by atoms with E-state index in [2.05, 4.69) is 15.9 Å². The Labute approximate surface area is 85.4 Å². The maximum absolute atomic E-state index is 10.6. The Bertz CT molecular complexity index is 408. The maximum Gasteiger partial charge on any atom is 0.231 e. The molecule has 0 aliphatic heterocycles. The summed E-state index contributed by atoms with van der Waals surface area (Å²) in [5, 5.41) is 5.76. The van der Waals surface area contributed by atoms with Gasteiger partial charge in [-0.2, -0.15) is 0 Å². The summed E-state index contributed by atoms with van der Waals surface area (Å²) in [7, 11) is -3.52. The zero-order valence-electron chi connectivity index (χ0n) is 6.64. The van der Waals surface area contributed by atoms with Crippen LogP contribution in [0.1, 0.15) is 5.56 Å². The molecule has 0 bridgehead atoms. The van der Waals surface area contributed by atoms with Crippen LogP contribution in [0.15, 0.2) is 34.1 Å². The van der Waals surface area contributed by atoms with Gasteiger partial charge in [0.25, 0.3) is 0 Å². The molecule has 1 aromatic rings. The molecule has 70 valence electrons. The van der Waals surface area contributed by atoms with Gasteiger partial charge >= 0.3 is 0 Å². The second kappa shape index (κ2) is 4.04. The summed E-state index contributed by atoms with van der Waals surface area (Å²) >= 11 is 3.27. The molecule has 1 aromatic carbocycles. The van der Waals surface area contributed by atoms with Crippen molar-refractivity contribution in [1.82, 2.24) is 0 Å². The molecule has 1 rings (SSSR count). The van der Waals surface area contributed by atoms with Crippen molar-refractivity contribution in [2.24, 2.45) is 5.14 Å². The molecule has 0 amide bonds. The molecule has 0 saturated heterocycles. The number of hydrogen-bond donors (Lipinski definition) is 1. The molecule has 0 saturated carbocycles. The summed E-state index contributed by atoms with van der Waals surface area (Å²) < 4.78 is 22.1. The van der Waals surface area contributed by atoms with Gasteiger partial charge in [0.1, 0.15) is 0 Å². The maximum atomic E-state index is 10.6. The van der Waals surface area contributed by atoms with E-state index in [1.807, 2.05) is 12.1 Å². The molecular weight excluding hydrogens is 254 g/mol. The smallest absolute Gasteiger partial charge is 0.225 e.